The monoisotopic (exact) mass is 519 g/mol. The summed E-state index contributed by atoms with van der Waals surface area (Å²) in [5.74, 6) is -0.177. The molecule has 4 rings (SSSR count). The summed E-state index contributed by atoms with van der Waals surface area (Å²) in [6, 6.07) is 20.8. The number of alkyl halides is 1. The second-order valence-corrected chi connectivity index (χ2v) is 10.2. The van der Waals surface area contributed by atoms with E-state index < -0.39 is 5.67 Å². The van der Waals surface area contributed by atoms with Gasteiger partial charge in [-0.2, -0.15) is 0 Å². The van der Waals surface area contributed by atoms with E-state index in [1.54, 1.807) is 19.2 Å². The fourth-order valence-electron chi connectivity index (χ4n) is 4.51. The summed E-state index contributed by atoms with van der Waals surface area (Å²) in [7, 11) is 1.70. The summed E-state index contributed by atoms with van der Waals surface area (Å²) < 4.78 is 19.4. The number of rotatable bonds is 8. The average Bonchev–Trinajstić information content (AvgIpc) is 2.90. The maximum Gasteiger partial charge on any atom is 0.256 e. The Balaban J connectivity index is 1.44. The van der Waals surface area contributed by atoms with Gasteiger partial charge in [-0.1, -0.05) is 48.5 Å². The normalized spacial score (nSPS) is 13.1. The van der Waals surface area contributed by atoms with Crippen LogP contribution < -0.4 is 10.6 Å². The number of halogens is 1. The Labute approximate surface area is 224 Å². The zero-order valence-electron chi connectivity index (χ0n) is 21.6. The van der Waals surface area contributed by atoms with E-state index in [0.29, 0.717) is 17.7 Å². The first-order valence-corrected chi connectivity index (χ1v) is 13.0. The first kappa shape index (κ1) is 26.8. The lowest BCUT2D eigenvalue weighted by molar-refractivity contribution is 0.102. The van der Waals surface area contributed by atoms with Crippen LogP contribution in [-0.4, -0.2) is 42.7 Å². The van der Waals surface area contributed by atoms with E-state index in [2.05, 4.69) is 27.7 Å². The largest absolute Gasteiger partial charge is 0.385 e. The highest BCUT2D eigenvalue weighted by atomic mass is 32.1. The van der Waals surface area contributed by atoms with Gasteiger partial charge in [-0.15, -0.1) is 0 Å². The predicted molar refractivity (Wildman–Crippen MR) is 152 cm³/mol. The summed E-state index contributed by atoms with van der Waals surface area (Å²) in [4.78, 5) is 15.5. The van der Waals surface area contributed by atoms with Gasteiger partial charge in [-0.25, -0.2) is 4.39 Å². The number of methoxy groups -OCH3 is 1. The van der Waals surface area contributed by atoms with Crippen molar-refractivity contribution in [2.24, 2.45) is 0 Å². The molecular weight excluding hydrogens is 485 g/mol. The van der Waals surface area contributed by atoms with Gasteiger partial charge in [0.25, 0.3) is 5.91 Å². The van der Waals surface area contributed by atoms with Gasteiger partial charge in [0.2, 0.25) is 0 Å². The molecule has 0 saturated heterocycles. The van der Waals surface area contributed by atoms with Crippen LogP contribution in [0.2, 0.25) is 0 Å². The van der Waals surface area contributed by atoms with Crippen LogP contribution in [0, 0.1) is 0 Å². The van der Waals surface area contributed by atoms with Crippen LogP contribution in [0.3, 0.4) is 0 Å². The van der Waals surface area contributed by atoms with Crippen molar-refractivity contribution < 1.29 is 13.9 Å². The smallest absolute Gasteiger partial charge is 0.256 e. The van der Waals surface area contributed by atoms with Crippen molar-refractivity contribution in [2.45, 2.75) is 38.9 Å². The minimum Gasteiger partial charge on any atom is -0.385 e. The molecule has 0 fully saturated rings. The van der Waals surface area contributed by atoms with Crippen LogP contribution in [-0.2, 0) is 23.4 Å². The summed E-state index contributed by atoms with van der Waals surface area (Å²) in [5, 5.41) is 7.13. The number of nitrogens with zero attached hydrogens (tertiary/aromatic N) is 1. The first-order chi connectivity index (χ1) is 17.8. The zero-order chi connectivity index (χ0) is 26.4. The summed E-state index contributed by atoms with van der Waals surface area (Å²) in [6.07, 6.45) is 1.77. The predicted octanol–water partition coefficient (Wildman–Crippen LogP) is 6.08. The molecule has 3 aromatic rings. The molecule has 0 atom stereocenters. The number of carbonyl (C=O) groups excluding carboxylic acids is 1. The molecule has 37 heavy (non-hydrogen) atoms. The molecule has 0 aromatic heterocycles. The molecule has 7 heteroatoms. The minimum absolute atomic E-state index is 0.177. The van der Waals surface area contributed by atoms with Crippen molar-refractivity contribution in [2.75, 3.05) is 32.1 Å². The number of ether oxygens (including phenoxy) is 1. The van der Waals surface area contributed by atoms with Gasteiger partial charge in [0.15, 0.2) is 5.11 Å². The molecule has 3 aromatic carbocycles. The van der Waals surface area contributed by atoms with Gasteiger partial charge in [0, 0.05) is 44.6 Å². The van der Waals surface area contributed by atoms with Crippen molar-refractivity contribution in [3.63, 3.8) is 0 Å². The lowest BCUT2D eigenvalue weighted by atomic mass is 9.94. The maximum atomic E-state index is 14.3. The third kappa shape index (κ3) is 6.73. The number of nitrogens with one attached hydrogen (secondary N) is 2. The molecule has 0 aliphatic carbocycles. The second kappa shape index (κ2) is 11.8. The van der Waals surface area contributed by atoms with Gasteiger partial charge in [-0.3, -0.25) is 4.79 Å². The van der Waals surface area contributed by atoms with Gasteiger partial charge in [0.05, 0.1) is 0 Å². The molecule has 1 aliphatic rings. The highest BCUT2D eigenvalue weighted by Crippen LogP contribution is 2.30. The summed E-state index contributed by atoms with van der Waals surface area (Å²) >= 11 is 5.57. The molecule has 0 radical (unpaired) electrons. The molecule has 1 amide bonds. The highest BCUT2D eigenvalue weighted by Gasteiger charge is 2.21. The van der Waals surface area contributed by atoms with Crippen LogP contribution in [0.4, 0.5) is 10.1 Å². The average molecular weight is 520 g/mol. The third-order valence-electron chi connectivity index (χ3n) is 6.62. The maximum absolute atomic E-state index is 14.3. The Hall–Kier alpha value is -3.29. The zero-order valence-corrected chi connectivity index (χ0v) is 22.5. The molecule has 0 saturated carbocycles. The van der Waals surface area contributed by atoms with Crippen molar-refractivity contribution in [3.05, 3.63) is 89.0 Å². The molecule has 0 bridgehead atoms. The number of hydrogen-bond donors (Lipinski definition) is 2. The summed E-state index contributed by atoms with van der Waals surface area (Å²) in [5.41, 5.74) is 4.64. The van der Waals surface area contributed by atoms with Gasteiger partial charge >= 0.3 is 0 Å². The molecule has 0 spiro atoms. The minimum atomic E-state index is -1.41. The standard InChI is InChI=1S/C30H34FN3O2S/c1-30(2,31)24-12-9-21(10-13-24)26-7-4-5-8-27(26)28(35)33-25-14-11-23-20-34(17-15-22(23)19-25)29(37)32-16-6-18-36-3/h4-5,7-14,19H,6,15-18,20H2,1-3H3,(H,32,37)(H,33,35). The number of carbonyl (C=O) groups is 1. The fourth-order valence-corrected chi connectivity index (χ4v) is 4.76. The lowest BCUT2D eigenvalue weighted by Crippen LogP contribution is -2.43. The molecule has 0 unspecified atom stereocenters. The number of hydrogen-bond acceptors (Lipinski definition) is 3. The van der Waals surface area contributed by atoms with Gasteiger partial charge in [-0.05, 0) is 84.9 Å². The Bertz CT molecular complexity index is 1250. The van der Waals surface area contributed by atoms with Crippen LogP contribution in [0.5, 0.6) is 0 Å². The van der Waals surface area contributed by atoms with Gasteiger partial charge in [0.1, 0.15) is 5.67 Å². The van der Waals surface area contributed by atoms with Crippen molar-refractivity contribution in [1.82, 2.24) is 10.2 Å². The molecule has 1 aliphatic heterocycles. The number of amides is 1. The van der Waals surface area contributed by atoms with Crippen LogP contribution >= 0.6 is 12.2 Å². The molecule has 194 valence electrons. The van der Waals surface area contributed by atoms with Crippen molar-refractivity contribution in [1.29, 1.82) is 0 Å². The van der Waals surface area contributed by atoms with E-state index in [4.69, 9.17) is 17.0 Å². The van der Waals surface area contributed by atoms with Crippen molar-refractivity contribution >= 4 is 28.9 Å². The van der Waals surface area contributed by atoms with E-state index in [-0.39, 0.29) is 5.91 Å². The fraction of sp³-hybridized carbons (Fsp3) is 0.333. The Morgan fingerprint density at radius 3 is 2.57 bits per heavy atom. The quantitative estimate of drug-likeness (QED) is 0.279. The van der Waals surface area contributed by atoms with E-state index in [9.17, 15) is 9.18 Å². The van der Waals surface area contributed by atoms with Gasteiger partial charge < -0.3 is 20.3 Å². The first-order valence-electron chi connectivity index (χ1n) is 12.6. The number of benzene rings is 3. The number of fused-ring (bicyclic) bond motifs is 1. The van der Waals surface area contributed by atoms with E-state index >= 15 is 0 Å². The SMILES string of the molecule is COCCCNC(=S)N1CCc2cc(NC(=O)c3ccccc3-c3ccc(C(C)(C)F)cc3)ccc2C1. The Kier molecular flexibility index (Phi) is 8.56. The molecule has 5 nitrogen and oxygen atoms in total. The molecule has 2 N–H and O–H groups in total. The molecule has 1 heterocycles. The number of thiocarbonyl (C=S) groups is 1. The highest BCUT2D eigenvalue weighted by molar-refractivity contribution is 7.80. The molecular formula is C30H34FN3O2S. The Morgan fingerprint density at radius 1 is 1.08 bits per heavy atom. The number of anilines is 1. The summed E-state index contributed by atoms with van der Waals surface area (Å²) in [6.45, 7) is 6.15. The van der Waals surface area contributed by atoms with Crippen molar-refractivity contribution in [3.8, 4) is 11.1 Å². The van der Waals surface area contributed by atoms with Crippen LogP contribution in [0.15, 0.2) is 66.7 Å². The topological polar surface area (TPSA) is 53.6 Å². The Morgan fingerprint density at radius 2 is 1.84 bits per heavy atom. The third-order valence-corrected chi connectivity index (χ3v) is 7.02. The van der Waals surface area contributed by atoms with E-state index in [1.807, 2.05) is 42.5 Å². The van der Waals surface area contributed by atoms with Crippen LogP contribution in [0.1, 0.15) is 47.3 Å². The van der Waals surface area contributed by atoms with E-state index in [1.165, 1.54) is 25.0 Å². The van der Waals surface area contributed by atoms with E-state index in [0.717, 1.165) is 54.4 Å². The lowest BCUT2D eigenvalue weighted by Gasteiger charge is -2.31. The second-order valence-electron chi connectivity index (χ2n) is 9.78. The van der Waals surface area contributed by atoms with Crippen LogP contribution in [0.25, 0.3) is 11.1 Å².